The van der Waals surface area contributed by atoms with Gasteiger partial charge in [0, 0.05) is 11.6 Å². The number of hydrogen-bond acceptors (Lipinski definition) is 2. The first kappa shape index (κ1) is 17.9. The van der Waals surface area contributed by atoms with Crippen molar-refractivity contribution in [3.05, 3.63) is 42.1 Å². The van der Waals surface area contributed by atoms with Crippen molar-refractivity contribution in [3.8, 4) is 0 Å². The minimum Gasteiger partial charge on any atom is -0.388 e. The van der Waals surface area contributed by atoms with E-state index in [2.05, 4.69) is 38.7 Å². The van der Waals surface area contributed by atoms with Crippen LogP contribution in [0.2, 0.25) is 0 Å². The minimum absolute atomic E-state index is 0.256. The summed E-state index contributed by atoms with van der Waals surface area (Å²) in [6.45, 7) is 9.06. The molecular weight excluding hydrogens is 282 g/mol. The Kier molecular flexibility index (Phi) is 6.59. The highest BCUT2D eigenvalue weighted by Crippen LogP contribution is 2.35. The molecule has 2 rings (SSSR count). The summed E-state index contributed by atoms with van der Waals surface area (Å²) < 4.78 is 0. The number of benzene rings is 1. The van der Waals surface area contributed by atoms with Gasteiger partial charge in [-0.1, -0.05) is 65.2 Å². The normalized spacial score (nSPS) is 16.9. The molecule has 0 amide bonds. The van der Waals surface area contributed by atoms with Crippen molar-refractivity contribution in [3.63, 3.8) is 0 Å². The zero-order valence-electron chi connectivity index (χ0n) is 15.0. The lowest BCUT2D eigenvalue weighted by Gasteiger charge is -2.28. The van der Waals surface area contributed by atoms with Gasteiger partial charge >= 0.3 is 0 Å². The predicted molar refractivity (Wildman–Crippen MR) is 98.3 cm³/mol. The van der Waals surface area contributed by atoms with Crippen LogP contribution in [0.3, 0.4) is 0 Å². The van der Waals surface area contributed by atoms with E-state index in [4.69, 9.17) is 0 Å². The summed E-state index contributed by atoms with van der Waals surface area (Å²) in [5.74, 6) is 1.67. The third-order valence-electron chi connectivity index (χ3n) is 5.32. The van der Waals surface area contributed by atoms with Crippen molar-refractivity contribution in [2.45, 2.75) is 59.5 Å². The number of pyridine rings is 1. The highest BCUT2D eigenvalue weighted by molar-refractivity contribution is 5.82. The molecule has 0 aliphatic heterocycles. The van der Waals surface area contributed by atoms with Crippen molar-refractivity contribution in [2.24, 2.45) is 17.8 Å². The van der Waals surface area contributed by atoms with E-state index in [0.29, 0.717) is 5.92 Å². The summed E-state index contributed by atoms with van der Waals surface area (Å²) in [4.78, 5) is 4.40. The lowest BCUT2D eigenvalue weighted by atomic mass is 9.79. The first-order valence-corrected chi connectivity index (χ1v) is 9.10. The van der Waals surface area contributed by atoms with Crippen molar-refractivity contribution >= 4 is 10.9 Å². The zero-order valence-corrected chi connectivity index (χ0v) is 15.0. The summed E-state index contributed by atoms with van der Waals surface area (Å²) in [5, 5.41) is 12.0. The average Bonchev–Trinajstić information content (AvgIpc) is 2.59. The van der Waals surface area contributed by atoms with E-state index in [9.17, 15) is 5.11 Å². The van der Waals surface area contributed by atoms with E-state index < -0.39 is 6.10 Å². The molecule has 0 aliphatic rings. The van der Waals surface area contributed by atoms with Crippen LogP contribution in [0.15, 0.2) is 36.5 Å². The summed E-state index contributed by atoms with van der Waals surface area (Å²) in [6.07, 6.45) is 6.16. The molecular formula is C21H31NO. The minimum atomic E-state index is -0.425. The average molecular weight is 313 g/mol. The highest BCUT2D eigenvalue weighted by Gasteiger charge is 2.24. The molecule has 1 aromatic heterocycles. The largest absolute Gasteiger partial charge is 0.388 e. The van der Waals surface area contributed by atoms with E-state index >= 15 is 0 Å². The van der Waals surface area contributed by atoms with Crippen molar-refractivity contribution in [1.29, 1.82) is 0 Å². The number of aromatic nitrogens is 1. The van der Waals surface area contributed by atoms with Gasteiger partial charge in [-0.2, -0.15) is 0 Å². The second-order valence-electron chi connectivity index (χ2n) is 7.01. The van der Waals surface area contributed by atoms with Gasteiger partial charge in [-0.05, 0) is 41.9 Å². The van der Waals surface area contributed by atoms with E-state index in [-0.39, 0.29) is 5.92 Å². The molecule has 0 radical (unpaired) electrons. The lowest BCUT2D eigenvalue weighted by molar-refractivity contribution is 0.0935. The van der Waals surface area contributed by atoms with Crippen LogP contribution >= 0.6 is 0 Å². The third-order valence-corrected chi connectivity index (χ3v) is 5.32. The summed E-state index contributed by atoms with van der Waals surface area (Å²) in [5.41, 5.74) is 1.98. The summed E-state index contributed by atoms with van der Waals surface area (Å²) >= 11 is 0. The third kappa shape index (κ3) is 4.32. The quantitative estimate of drug-likeness (QED) is 0.672. The Morgan fingerprint density at radius 3 is 2.48 bits per heavy atom. The topological polar surface area (TPSA) is 33.1 Å². The van der Waals surface area contributed by atoms with E-state index in [1.54, 1.807) is 0 Å². The smallest absolute Gasteiger partial charge is 0.0822 e. The fourth-order valence-corrected chi connectivity index (χ4v) is 3.63. The van der Waals surface area contributed by atoms with Gasteiger partial charge in [-0.3, -0.25) is 4.98 Å². The fraction of sp³-hybridized carbons (Fsp3) is 0.571. The van der Waals surface area contributed by atoms with E-state index in [1.165, 1.54) is 19.3 Å². The molecule has 1 heterocycles. The first-order chi connectivity index (χ1) is 11.1. The van der Waals surface area contributed by atoms with Crippen LogP contribution in [0.5, 0.6) is 0 Å². The number of aliphatic hydroxyl groups is 1. The SMILES string of the molecule is CCC[C@@H](C[C@@H](C)[C@@H](O)c1ccnc2ccccc12)C(C)CC. The molecule has 0 aliphatic carbocycles. The number of aliphatic hydroxyl groups excluding tert-OH is 1. The van der Waals surface area contributed by atoms with Gasteiger partial charge in [0.2, 0.25) is 0 Å². The van der Waals surface area contributed by atoms with E-state index in [0.717, 1.165) is 28.8 Å². The zero-order chi connectivity index (χ0) is 16.8. The maximum Gasteiger partial charge on any atom is 0.0822 e. The molecule has 1 aromatic carbocycles. The first-order valence-electron chi connectivity index (χ1n) is 9.10. The maximum absolute atomic E-state index is 10.9. The number of rotatable bonds is 8. The van der Waals surface area contributed by atoms with Crippen LogP contribution in [0.1, 0.15) is 65.0 Å². The van der Waals surface area contributed by atoms with Crippen molar-refractivity contribution in [2.75, 3.05) is 0 Å². The molecule has 0 bridgehead atoms. The molecule has 4 atom stereocenters. The lowest BCUT2D eigenvalue weighted by Crippen LogP contribution is -2.19. The monoisotopic (exact) mass is 313 g/mol. The van der Waals surface area contributed by atoms with Crippen molar-refractivity contribution in [1.82, 2.24) is 4.98 Å². The molecule has 126 valence electrons. The van der Waals surface area contributed by atoms with Gasteiger partial charge in [0.25, 0.3) is 0 Å². The Balaban J connectivity index is 2.19. The van der Waals surface area contributed by atoms with Gasteiger partial charge < -0.3 is 5.11 Å². The summed E-state index contributed by atoms with van der Waals surface area (Å²) in [7, 11) is 0. The van der Waals surface area contributed by atoms with E-state index in [1.807, 2.05) is 30.5 Å². The van der Waals surface area contributed by atoms with Gasteiger partial charge in [0.15, 0.2) is 0 Å². The Morgan fingerprint density at radius 1 is 1.04 bits per heavy atom. The molecule has 0 fully saturated rings. The number of fused-ring (bicyclic) bond motifs is 1. The van der Waals surface area contributed by atoms with Gasteiger partial charge in [-0.25, -0.2) is 0 Å². The van der Waals surface area contributed by atoms with Gasteiger partial charge in [0.05, 0.1) is 11.6 Å². The maximum atomic E-state index is 10.9. The second-order valence-corrected chi connectivity index (χ2v) is 7.01. The van der Waals surface area contributed by atoms with Crippen LogP contribution < -0.4 is 0 Å². The molecule has 1 N–H and O–H groups in total. The predicted octanol–water partition coefficient (Wildman–Crippen LogP) is 5.76. The molecule has 1 unspecified atom stereocenters. The molecule has 0 saturated carbocycles. The van der Waals surface area contributed by atoms with Gasteiger partial charge in [0.1, 0.15) is 0 Å². The number of hydrogen-bond donors (Lipinski definition) is 1. The Hall–Kier alpha value is -1.41. The highest BCUT2D eigenvalue weighted by atomic mass is 16.3. The molecule has 2 heteroatoms. The second kappa shape index (κ2) is 8.44. The Bertz CT molecular complexity index is 604. The molecule has 0 saturated heterocycles. The molecule has 2 aromatic rings. The Morgan fingerprint density at radius 2 is 1.78 bits per heavy atom. The fourth-order valence-electron chi connectivity index (χ4n) is 3.63. The van der Waals surface area contributed by atoms with Crippen LogP contribution in [0, 0.1) is 17.8 Å². The molecule has 2 nitrogen and oxygen atoms in total. The molecule has 0 spiro atoms. The molecule has 23 heavy (non-hydrogen) atoms. The van der Waals surface area contributed by atoms with Crippen molar-refractivity contribution < 1.29 is 5.11 Å². The standard InChI is InChI=1S/C21H31NO/c1-5-9-17(15(3)6-2)14-16(4)21(23)19-12-13-22-20-11-8-7-10-18(19)20/h7-8,10-13,15-17,21,23H,5-6,9,14H2,1-4H3/t15?,16-,17+,21-/m1/s1. The Labute approximate surface area is 141 Å². The van der Waals surface area contributed by atoms with Crippen LogP contribution in [-0.2, 0) is 0 Å². The van der Waals surface area contributed by atoms with Crippen LogP contribution in [-0.4, -0.2) is 10.1 Å². The van der Waals surface area contributed by atoms with Crippen LogP contribution in [0.25, 0.3) is 10.9 Å². The van der Waals surface area contributed by atoms with Gasteiger partial charge in [-0.15, -0.1) is 0 Å². The van der Waals surface area contributed by atoms with Crippen LogP contribution in [0.4, 0.5) is 0 Å². The number of nitrogens with zero attached hydrogens (tertiary/aromatic N) is 1. The number of para-hydroxylation sites is 1. The summed E-state index contributed by atoms with van der Waals surface area (Å²) in [6, 6.07) is 10.1.